The zero-order valence-corrected chi connectivity index (χ0v) is 14.0. The van der Waals surface area contributed by atoms with Gasteiger partial charge in [0.15, 0.2) is 5.71 Å². The highest BCUT2D eigenvalue weighted by atomic mass is 35.5. The molecule has 1 amide bonds. The van der Waals surface area contributed by atoms with Crippen molar-refractivity contribution in [3.8, 4) is 0 Å². The number of hydrogen-bond acceptors (Lipinski definition) is 5. The van der Waals surface area contributed by atoms with Gasteiger partial charge in [-0.05, 0) is 19.1 Å². The number of amides is 1. The first-order valence-corrected chi connectivity index (χ1v) is 7.87. The van der Waals surface area contributed by atoms with E-state index < -0.39 is 4.92 Å². The number of carbonyl (C=O) groups excluding carboxylic acids is 1. The highest BCUT2D eigenvalue weighted by Gasteiger charge is 2.32. The maximum absolute atomic E-state index is 12.5. The van der Waals surface area contributed by atoms with Crippen molar-refractivity contribution in [1.82, 2.24) is 0 Å². The van der Waals surface area contributed by atoms with E-state index in [4.69, 9.17) is 11.6 Å². The van der Waals surface area contributed by atoms with Crippen molar-refractivity contribution in [3.05, 3.63) is 68.7 Å². The van der Waals surface area contributed by atoms with Crippen LogP contribution in [0.15, 0.2) is 52.7 Å². The van der Waals surface area contributed by atoms with Gasteiger partial charge in [-0.3, -0.25) is 14.9 Å². The summed E-state index contributed by atoms with van der Waals surface area (Å²) in [6, 6.07) is 11.4. The number of non-ortho nitro benzene ring substituents is 1. The van der Waals surface area contributed by atoms with Crippen molar-refractivity contribution in [3.63, 3.8) is 0 Å². The second-order valence-electron chi connectivity index (χ2n) is 5.22. The number of halogens is 1. The molecular formula is C17H13ClN4O3. The summed E-state index contributed by atoms with van der Waals surface area (Å²) < 4.78 is 0. The van der Waals surface area contributed by atoms with Gasteiger partial charge in [0.25, 0.3) is 11.6 Å². The molecule has 25 heavy (non-hydrogen) atoms. The molecule has 0 saturated heterocycles. The van der Waals surface area contributed by atoms with Gasteiger partial charge in [-0.25, -0.2) is 0 Å². The topological polar surface area (TPSA) is 88.2 Å². The number of benzene rings is 2. The monoisotopic (exact) mass is 356 g/mol. The average molecular weight is 357 g/mol. The molecule has 3 rings (SSSR count). The van der Waals surface area contributed by atoms with E-state index in [1.807, 2.05) is 25.1 Å². The van der Waals surface area contributed by atoms with Gasteiger partial charge < -0.3 is 4.90 Å². The summed E-state index contributed by atoms with van der Waals surface area (Å²) in [5.74, 6) is -0.231. The minimum Gasteiger partial charge on any atom is -0.307 e. The Bertz CT molecular complexity index is 924. The van der Waals surface area contributed by atoms with E-state index in [9.17, 15) is 14.9 Å². The number of para-hydroxylation sites is 1. The maximum atomic E-state index is 12.5. The lowest BCUT2D eigenvalue weighted by atomic mass is 10.1. The summed E-state index contributed by atoms with van der Waals surface area (Å²) in [6.45, 7) is 2.40. The van der Waals surface area contributed by atoms with Gasteiger partial charge in [-0.2, -0.15) is 5.10 Å². The van der Waals surface area contributed by atoms with Gasteiger partial charge >= 0.3 is 0 Å². The van der Waals surface area contributed by atoms with Gasteiger partial charge in [0, 0.05) is 34.8 Å². The van der Waals surface area contributed by atoms with E-state index >= 15 is 0 Å². The third-order valence-corrected chi connectivity index (χ3v) is 4.10. The van der Waals surface area contributed by atoms with Gasteiger partial charge in [-0.1, -0.05) is 29.8 Å². The van der Waals surface area contributed by atoms with E-state index in [1.54, 1.807) is 11.0 Å². The third kappa shape index (κ3) is 3.14. The predicted octanol–water partition coefficient (Wildman–Crippen LogP) is 3.44. The minimum absolute atomic E-state index is 0.0991. The van der Waals surface area contributed by atoms with E-state index in [2.05, 4.69) is 10.2 Å². The zero-order chi connectivity index (χ0) is 18.0. The lowest BCUT2D eigenvalue weighted by molar-refractivity contribution is -0.384. The van der Waals surface area contributed by atoms with Crippen LogP contribution in [0.25, 0.3) is 0 Å². The van der Waals surface area contributed by atoms with Crippen LogP contribution in [0.2, 0.25) is 5.02 Å². The van der Waals surface area contributed by atoms with Crippen LogP contribution in [-0.4, -0.2) is 29.3 Å². The Kier molecular flexibility index (Phi) is 4.58. The Morgan fingerprint density at radius 1 is 1.28 bits per heavy atom. The molecule has 1 heterocycles. The molecule has 0 radical (unpaired) electrons. The van der Waals surface area contributed by atoms with Gasteiger partial charge in [0.2, 0.25) is 0 Å². The zero-order valence-electron chi connectivity index (χ0n) is 13.2. The summed E-state index contributed by atoms with van der Waals surface area (Å²) >= 11 is 6.01. The number of likely N-dealkylation sites (N-methyl/N-ethyl adjacent to an activating group) is 1. The Hall–Kier alpha value is -3.06. The van der Waals surface area contributed by atoms with Gasteiger partial charge in [0.1, 0.15) is 0 Å². The molecule has 1 aliphatic rings. The predicted molar refractivity (Wildman–Crippen MR) is 96.7 cm³/mol. The van der Waals surface area contributed by atoms with Crippen LogP contribution in [0.1, 0.15) is 18.1 Å². The van der Waals surface area contributed by atoms with E-state index in [0.29, 0.717) is 22.7 Å². The second kappa shape index (κ2) is 6.82. The van der Waals surface area contributed by atoms with Gasteiger partial charge in [0.05, 0.1) is 16.8 Å². The number of hydrogen-bond donors (Lipinski definition) is 0. The number of anilines is 1. The summed E-state index contributed by atoms with van der Waals surface area (Å²) in [4.78, 5) is 24.4. The van der Waals surface area contributed by atoms with Gasteiger partial charge in [-0.15, -0.1) is 5.10 Å². The fourth-order valence-electron chi connectivity index (χ4n) is 2.56. The standard InChI is InChI=1S/C17H13ClN4O3/c1-2-21-15-6-4-3-5-13(15)16(17(21)23)20-19-10-11-9-12(22(24)25)7-8-14(11)18/h3-10H,2H2,1H3/b19-10-,20-16+. The molecule has 0 aliphatic carbocycles. The van der Waals surface area contributed by atoms with E-state index in [-0.39, 0.29) is 17.3 Å². The first-order chi connectivity index (χ1) is 12.0. The molecule has 0 aromatic heterocycles. The molecule has 0 atom stereocenters. The number of nitro benzene ring substituents is 1. The first-order valence-electron chi connectivity index (χ1n) is 7.49. The van der Waals surface area contributed by atoms with Crippen LogP contribution in [0.4, 0.5) is 11.4 Å². The maximum Gasteiger partial charge on any atom is 0.279 e. The molecule has 0 spiro atoms. The molecule has 1 aliphatic heterocycles. The number of rotatable bonds is 4. The highest BCUT2D eigenvalue weighted by molar-refractivity contribution is 6.54. The van der Waals surface area contributed by atoms with Crippen molar-refractivity contribution in [1.29, 1.82) is 0 Å². The number of carbonyl (C=O) groups is 1. The van der Waals surface area contributed by atoms with Crippen LogP contribution in [0.5, 0.6) is 0 Å². The molecule has 0 bridgehead atoms. The molecule has 2 aromatic rings. The number of nitro groups is 1. The average Bonchev–Trinajstić information content (AvgIpc) is 2.87. The van der Waals surface area contributed by atoms with Crippen molar-refractivity contribution in [2.45, 2.75) is 6.92 Å². The van der Waals surface area contributed by atoms with E-state index in [1.165, 1.54) is 24.4 Å². The Morgan fingerprint density at radius 2 is 2.04 bits per heavy atom. The molecule has 8 heteroatoms. The summed E-state index contributed by atoms with van der Waals surface area (Å²) in [5.41, 5.74) is 1.98. The van der Waals surface area contributed by atoms with Crippen molar-refractivity contribution < 1.29 is 9.72 Å². The van der Waals surface area contributed by atoms with Crippen LogP contribution in [0, 0.1) is 10.1 Å². The largest absolute Gasteiger partial charge is 0.307 e. The normalized spacial score (nSPS) is 15.2. The molecule has 7 nitrogen and oxygen atoms in total. The SMILES string of the molecule is CCN1C(=O)/C(=N/N=C\c2cc([N+](=O)[O-])ccc2Cl)c2ccccc21. The molecule has 2 aromatic carbocycles. The highest BCUT2D eigenvalue weighted by Crippen LogP contribution is 2.28. The van der Waals surface area contributed by atoms with E-state index in [0.717, 1.165) is 5.69 Å². The lowest BCUT2D eigenvalue weighted by Gasteiger charge is -2.12. The quantitative estimate of drug-likeness (QED) is 0.477. The van der Waals surface area contributed by atoms with Crippen molar-refractivity contribution >= 4 is 40.8 Å². The molecule has 0 fully saturated rings. The molecular weight excluding hydrogens is 344 g/mol. The van der Waals surface area contributed by atoms with Crippen LogP contribution < -0.4 is 4.90 Å². The summed E-state index contributed by atoms with van der Waals surface area (Å²) in [5, 5.41) is 19.1. The number of fused-ring (bicyclic) bond motifs is 1. The molecule has 0 N–H and O–H groups in total. The summed E-state index contributed by atoms with van der Waals surface area (Å²) in [7, 11) is 0. The van der Waals surface area contributed by atoms with Crippen LogP contribution >= 0.6 is 11.6 Å². The van der Waals surface area contributed by atoms with Crippen molar-refractivity contribution in [2.24, 2.45) is 10.2 Å². The fraction of sp³-hybridized carbons (Fsp3) is 0.118. The molecule has 0 saturated carbocycles. The Balaban J connectivity index is 1.95. The first kappa shape index (κ1) is 16.8. The van der Waals surface area contributed by atoms with Crippen molar-refractivity contribution in [2.75, 3.05) is 11.4 Å². The molecule has 0 unspecified atom stereocenters. The molecule has 126 valence electrons. The fourth-order valence-corrected chi connectivity index (χ4v) is 2.73. The van der Waals surface area contributed by atoms with Crippen LogP contribution in [0.3, 0.4) is 0 Å². The lowest BCUT2D eigenvalue weighted by Crippen LogP contribution is -2.29. The smallest absolute Gasteiger partial charge is 0.279 e. The Morgan fingerprint density at radius 3 is 2.76 bits per heavy atom. The Labute approximate surface area is 148 Å². The third-order valence-electron chi connectivity index (χ3n) is 3.76. The van der Waals surface area contributed by atoms with Crippen LogP contribution in [-0.2, 0) is 4.79 Å². The second-order valence-corrected chi connectivity index (χ2v) is 5.63. The minimum atomic E-state index is -0.518. The number of nitrogens with zero attached hydrogens (tertiary/aromatic N) is 4. The summed E-state index contributed by atoms with van der Waals surface area (Å²) in [6.07, 6.45) is 1.30.